The molecule has 1 aliphatic heterocycles. The van der Waals surface area contributed by atoms with Gasteiger partial charge in [-0.2, -0.15) is 0 Å². The van der Waals surface area contributed by atoms with Gasteiger partial charge in [-0.1, -0.05) is 18.2 Å². The Morgan fingerprint density at radius 3 is 2.35 bits per heavy atom. The Balaban J connectivity index is 1.37. The Labute approximate surface area is 201 Å². The number of carbonyl (C=O) groups is 2. The number of hydrogen-bond donors (Lipinski definition) is 1. The van der Waals surface area contributed by atoms with E-state index in [1.54, 1.807) is 23.1 Å². The second kappa shape index (κ2) is 11.1. The van der Waals surface area contributed by atoms with E-state index in [0.717, 1.165) is 26.1 Å². The smallest absolute Gasteiger partial charge is 0.410 e. The molecule has 0 atom stereocenters. The number of rotatable bonds is 8. The lowest BCUT2D eigenvalue weighted by Gasteiger charge is -2.35. The summed E-state index contributed by atoms with van der Waals surface area (Å²) in [6.45, 7) is 9.55. The molecule has 0 radical (unpaired) electrons. The molecule has 0 saturated carbocycles. The van der Waals surface area contributed by atoms with Crippen LogP contribution >= 0.6 is 0 Å². The Morgan fingerprint density at radius 1 is 1.03 bits per heavy atom. The highest BCUT2D eigenvalue weighted by Crippen LogP contribution is 2.18. The fraction of sp³-hybridized carbons (Fsp3) is 0.500. The number of nitrogens with zero attached hydrogens (tertiary/aromatic N) is 2. The molecule has 186 valence electrons. The monoisotopic (exact) mass is 491 g/mol. The van der Waals surface area contributed by atoms with Crippen molar-refractivity contribution in [1.29, 1.82) is 0 Å². The van der Waals surface area contributed by atoms with Gasteiger partial charge in [0.05, 0.1) is 4.90 Å². The topological polar surface area (TPSA) is 109 Å². The first-order chi connectivity index (χ1) is 16.0. The number of amides is 2. The molecular formula is C24H33N3O6S. The molecule has 2 amide bonds. The number of ether oxygens (including phenoxy) is 1. The summed E-state index contributed by atoms with van der Waals surface area (Å²) in [5.41, 5.74) is -0.503. The van der Waals surface area contributed by atoms with Gasteiger partial charge in [0.25, 0.3) is 5.91 Å². The molecule has 1 N–H and O–H groups in total. The first kappa shape index (κ1) is 25.8. The van der Waals surface area contributed by atoms with Crippen molar-refractivity contribution >= 4 is 21.8 Å². The standard InChI is InChI=1S/C24H33N3O6S/c1-24(2,3)33-23(29)27-16-14-26(15-17-27)13-7-12-25-22(28)21-11-10-19(32-21)18-34(30,31)20-8-5-4-6-9-20/h4-6,8-11H,7,12-18H2,1-3H3,(H,25,28). The third-order valence-corrected chi connectivity index (χ3v) is 6.94. The molecule has 34 heavy (non-hydrogen) atoms. The SMILES string of the molecule is CC(C)(C)OC(=O)N1CCN(CCCNC(=O)c2ccc(CS(=O)(=O)c3ccccc3)o2)CC1. The van der Waals surface area contributed by atoms with E-state index in [9.17, 15) is 18.0 Å². The maximum atomic E-state index is 12.5. The van der Waals surface area contributed by atoms with Crippen LogP contribution in [0.25, 0.3) is 0 Å². The minimum atomic E-state index is -3.54. The van der Waals surface area contributed by atoms with Crippen molar-refractivity contribution in [2.45, 2.75) is 43.4 Å². The average Bonchev–Trinajstić information content (AvgIpc) is 3.24. The van der Waals surface area contributed by atoms with Gasteiger partial charge in [0.1, 0.15) is 17.1 Å². The second-order valence-corrected chi connectivity index (χ2v) is 11.2. The van der Waals surface area contributed by atoms with Gasteiger partial charge in [0.2, 0.25) is 0 Å². The van der Waals surface area contributed by atoms with E-state index in [4.69, 9.17) is 9.15 Å². The molecule has 1 aromatic carbocycles. The molecular weight excluding hydrogens is 458 g/mol. The lowest BCUT2D eigenvalue weighted by molar-refractivity contribution is 0.0144. The zero-order valence-corrected chi connectivity index (χ0v) is 20.8. The fourth-order valence-electron chi connectivity index (χ4n) is 3.55. The molecule has 0 spiro atoms. The molecule has 0 bridgehead atoms. The first-order valence-electron chi connectivity index (χ1n) is 11.4. The number of piperazine rings is 1. The van der Waals surface area contributed by atoms with Crippen LogP contribution in [0.2, 0.25) is 0 Å². The van der Waals surface area contributed by atoms with E-state index >= 15 is 0 Å². The Bertz CT molecular complexity index is 1070. The van der Waals surface area contributed by atoms with Crippen molar-refractivity contribution < 1.29 is 27.2 Å². The summed E-state index contributed by atoms with van der Waals surface area (Å²) in [4.78, 5) is 28.7. The molecule has 1 saturated heterocycles. The highest BCUT2D eigenvalue weighted by atomic mass is 32.2. The minimum Gasteiger partial charge on any atom is -0.455 e. The fourth-order valence-corrected chi connectivity index (χ4v) is 4.82. The third-order valence-electron chi connectivity index (χ3n) is 5.28. The van der Waals surface area contributed by atoms with Crippen LogP contribution in [0.4, 0.5) is 4.79 Å². The van der Waals surface area contributed by atoms with E-state index in [2.05, 4.69) is 10.2 Å². The largest absolute Gasteiger partial charge is 0.455 e. The maximum Gasteiger partial charge on any atom is 0.410 e. The molecule has 0 unspecified atom stereocenters. The number of sulfone groups is 1. The minimum absolute atomic E-state index is 0.0873. The Kier molecular flexibility index (Phi) is 8.37. The van der Waals surface area contributed by atoms with Crippen molar-refractivity contribution in [2.24, 2.45) is 0 Å². The van der Waals surface area contributed by atoms with E-state index in [-0.39, 0.29) is 34.2 Å². The number of hydrogen-bond acceptors (Lipinski definition) is 7. The van der Waals surface area contributed by atoms with Crippen LogP contribution < -0.4 is 5.32 Å². The Morgan fingerprint density at radius 2 is 1.71 bits per heavy atom. The first-order valence-corrected chi connectivity index (χ1v) is 13.0. The van der Waals surface area contributed by atoms with Crippen LogP contribution in [-0.2, 0) is 20.3 Å². The molecule has 1 aromatic heterocycles. The van der Waals surface area contributed by atoms with Gasteiger partial charge in [-0.3, -0.25) is 9.69 Å². The molecule has 3 rings (SSSR count). The zero-order chi connectivity index (χ0) is 24.8. The van der Waals surface area contributed by atoms with Gasteiger partial charge >= 0.3 is 6.09 Å². The van der Waals surface area contributed by atoms with E-state index in [0.29, 0.717) is 19.6 Å². The van der Waals surface area contributed by atoms with Crippen LogP contribution in [0.5, 0.6) is 0 Å². The van der Waals surface area contributed by atoms with Crippen LogP contribution in [0.1, 0.15) is 43.5 Å². The normalized spacial score (nSPS) is 15.2. The maximum absolute atomic E-state index is 12.5. The molecule has 0 aliphatic carbocycles. The molecule has 9 nitrogen and oxygen atoms in total. The highest BCUT2D eigenvalue weighted by Gasteiger charge is 2.25. The number of furan rings is 1. The lowest BCUT2D eigenvalue weighted by atomic mass is 10.2. The van der Waals surface area contributed by atoms with Crippen molar-refractivity contribution in [1.82, 2.24) is 15.1 Å². The third kappa shape index (κ3) is 7.59. The summed E-state index contributed by atoms with van der Waals surface area (Å²) >= 11 is 0. The van der Waals surface area contributed by atoms with Gasteiger partial charge in [0.15, 0.2) is 15.6 Å². The summed E-state index contributed by atoms with van der Waals surface area (Å²) < 4.78 is 35.8. The lowest BCUT2D eigenvalue weighted by Crippen LogP contribution is -2.50. The van der Waals surface area contributed by atoms with E-state index in [1.807, 2.05) is 20.8 Å². The van der Waals surface area contributed by atoms with Crippen LogP contribution in [-0.4, -0.2) is 75.1 Å². The van der Waals surface area contributed by atoms with Gasteiger partial charge in [-0.05, 0) is 58.0 Å². The summed E-state index contributed by atoms with van der Waals surface area (Å²) in [6, 6.07) is 11.1. The number of carbonyl (C=O) groups excluding carboxylic acids is 2. The summed E-state index contributed by atoms with van der Waals surface area (Å²) in [7, 11) is -3.54. The van der Waals surface area contributed by atoms with Crippen LogP contribution in [0.15, 0.2) is 51.8 Å². The van der Waals surface area contributed by atoms with Gasteiger partial charge in [0, 0.05) is 32.7 Å². The van der Waals surface area contributed by atoms with Crippen molar-refractivity contribution in [3.8, 4) is 0 Å². The predicted octanol–water partition coefficient (Wildman–Crippen LogP) is 2.93. The van der Waals surface area contributed by atoms with E-state index in [1.165, 1.54) is 24.3 Å². The van der Waals surface area contributed by atoms with Gasteiger partial charge < -0.3 is 19.4 Å². The quantitative estimate of drug-likeness (QED) is 0.566. The van der Waals surface area contributed by atoms with Crippen LogP contribution in [0, 0.1) is 0 Å². The zero-order valence-electron chi connectivity index (χ0n) is 20.0. The van der Waals surface area contributed by atoms with Crippen molar-refractivity contribution in [2.75, 3.05) is 39.3 Å². The van der Waals surface area contributed by atoms with Gasteiger partial charge in [-0.25, -0.2) is 13.2 Å². The molecule has 1 aliphatic rings. The molecule has 2 aromatic rings. The Hall–Kier alpha value is -2.85. The summed E-state index contributed by atoms with van der Waals surface area (Å²) in [5.74, 6) is -0.376. The second-order valence-electron chi connectivity index (χ2n) is 9.26. The van der Waals surface area contributed by atoms with Gasteiger partial charge in [-0.15, -0.1) is 0 Å². The number of benzene rings is 1. The summed E-state index contributed by atoms with van der Waals surface area (Å²) in [6.07, 6.45) is 0.461. The molecule has 1 fully saturated rings. The van der Waals surface area contributed by atoms with Crippen molar-refractivity contribution in [3.63, 3.8) is 0 Å². The summed E-state index contributed by atoms with van der Waals surface area (Å²) in [5, 5.41) is 2.81. The predicted molar refractivity (Wildman–Crippen MR) is 127 cm³/mol. The van der Waals surface area contributed by atoms with E-state index < -0.39 is 15.4 Å². The average molecular weight is 492 g/mol. The van der Waals surface area contributed by atoms with Crippen molar-refractivity contribution in [3.05, 3.63) is 54.0 Å². The highest BCUT2D eigenvalue weighted by molar-refractivity contribution is 7.90. The molecule has 10 heteroatoms. The van der Waals surface area contributed by atoms with Crippen LogP contribution in [0.3, 0.4) is 0 Å². The molecule has 2 heterocycles. The number of nitrogens with one attached hydrogen (secondary N) is 1.